The van der Waals surface area contributed by atoms with Crippen molar-refractivity contribution >= 4 is 47.2 Å². The summed E-state index contributed by atoms with van der Waals surface area (Å²) in [4.78, 5) is 50.5. The minimum atomic E-state index is -0.854. The van der Waals surface area contributed by atoms with Gasteiger partial charge >= 0.3 is 12.0 Å². The van der Waals surface area contributed by atoms with Crippen LogP contribution in [0, 0.1) is 0 Å². The van der Waals surface area contributed by atoms with Gasteiger partial charge in [-0.25, -0.2) is 14.5 Å². The summed E-state index contributed by atoms with van der Waals surface area (Å²) >= 11 is 5.88. The molecule has 1 N–H and O–H groups in total. The Hall–Kier alpha value is -4.17. The molecule has 0 radical (unpaired) electrons. The standard InChI is InChI=1S/C26H21ClN2O6/c1-2-3-14-34-25(32)17-6-4-16(5-7-17)22-13-12-20(35-22)15-21-23(30)28-26(33)29(24(21)31)19-10-8-18(27)9-11-19/h4-13,15H,2-3,14H2,1H3,(H,28,30,33)/b21-15-. The number of carbonyl (C=O) groups is 4. The molecule has 0 spiro atoms. The van der Waals surface area contributed by atoms with Gasteiger partial charge in [-0.05, 0) is 61.0 Å². The zero-order valence-electron chi connectivity index (χ0n) is 18.7. The van der Waals surface area contributed by atoms with Crippen LogP contribution in [-0.2, 0) is 14.3 Å². The number of halogens is 1. The number of anilines is 1. The number of amides is 4. The Kier molecular flexibility index (Phi) is 7.12. The van der Waals surface area contributed by atoms with Crippen molar-refractivity contribution in [2.24, 2.45) is 0 Å². The molecule has 1 fully saturated rings. The average Bonchev–Trinajstić information content (AvgIpc) is 3.32. The first-order valence-corrected chi connectivity index (χ1v) is 11.3. The van der Waals surface area contributed by atoms with Crippen LogP contribution >= 0.6 is 11.6 Å². The highest BCUT2D eigenvalue weighted by molar-refractivity contribution is 6.39. The van der Waals surface area contributed by atoms with Crippen LogP contribution in [0.3, 0.4) is 0 Å². The smallest absolute Gasteiger partial charge is 0.338 e. The number of nitrogens with one attached hydrogen (secondary N) is 1. The Labute approximate surface area is 206 Å². The fourth-order valence-corrected chi connectivity index (χ4v) is 3.50. The lowest BCUT2D eigenvalue weighted by Gasteiger charge is -2.26. The third-order valence-corrected chi connectivity index (χ3v) is 5.49. The van der Waals surface area contributed by atoms with Gasteiger partial charge in [-0.15, -0.1) is 0 Å². The second-order valence-electron chi connectivity index (χ2n) is 7.70. The van der Waals surface area contributed by atoms with Crippen LogP contribution in [0.4, 0.5) is 10.5 Å². The lowest BCUT2D eigenvalue weighted by molar-refractivity contribution is -0.122. The maximum atomic E-state index is 13.0. The summed E-state index contributed by atoms with van der Waals surface area (Å²) < 4.78 is 11.0. The van der Waals surface area contributed by atoms with E-state index in [1.807, 2.05) is 6.92 Å². The van der Waals surface area contributed by atoms with Gasteiger partial charge in [-0.1, -0.05) is 37.1 Å². The number of unbranched alkanes of at least 4 members (excludes halogenated alkanes) is 1. The zero-order valence-corrected chi connectivity index (χ0v) is 19.5. The monoisotopic (exact) mass is 492 g/mol. The van der Waals surface area contributed by atoms with Crippen LogP contribution in [0.25, 0.3) is 17.4 Å². The molecule has 1 saturated heterocycles. The summed E-state index contributed by atoms with van der Waals surface area (Å²) in [6.07, 6.45) is 3.02. The number of imide groups is 2. The van der Waals surface area contributed by atoms with E-state index in [0.717, 1.165) is 17.7 Å². The first-order valence-electron chi connectivity index (χ1n) is 10.9. The van der Waals surface area contributed by atoms with Gasteiger partial charge in [0, 0.05) is 10.6 Å². The van der Waals surface area contributed by atoms with Crippen molar-refractivity contribution in [1.29, 1.82) is 0 Å². The van der Waals surface area contributed by atoms with Crippen LogP contribution in [-0.4, -0.2) is 30.4 Å². The van der Waals surface area contributed by atoms with Crippen molar-refractivity contribution in [3.05, 3.63) is 82.6 Å². The molecule has 35 heavy (non-hydrogen) atoms. The Balaban J connectivity index is 1.53. The fourth-order valence-electron chi connectivity index (χ4n) is 3.37. The average molecular weight is 493 g/mol. The van der Waals surface area contributed by atoms with Crippen molar-refractivity contribution in [2.75, 3.05) is 11.5 Å². The molecule has 1 aromatic heterocycles. The molecule has 0 bridgehead atoms. The normalized spacial score (nSPS) is 14.9. The van der Waals surface area contributed by atoms with E-state index in [-0.39, 0.29) is 17.0 Å². The second kappa shape index (κ2) is 10.4. The van der Waals surface area contributed by atoms with Crippen molar-refractivity contribution in [3.63, 3.8) is 0 Å². The van der Waals surface area contributed by atoms with E-state index in [9.17, 15) is 19.2 Å². The van der Waals surface area contributed by atoms with Gasteiger partial charge in [0.2, 0.25) is 0 Å². The van der Waals surface area contributed by atoms with Crippen molar-refractivity contribution in [1.82, 2.24) is 5.32 Å². The van der Waals surface area contributed by atoms with Crippen molar-refractivity contribution < 1.29 is 28.3 Å². The molecule has 0 aliphatic carbocycles. The highest BCUT2D eigenvalue weighted by atomic mass is 35.5. The van der Waals surface area contributed by atoms with E-state index in [0.29, 0.717) is 28.5 Å². The van der Waals surface area contributed by atoms with Crippen LogP contribution in [0.1, 0.15) is 35.9 Å². The number of barbiturate groups is 1. The maximum absolute atomic E-state index is 13.0. The van der Waals surface area contributed by atoms with Gasteiger partial charge in [0.05, 0.1) is 17.9 Å². The number of benzene rings is 2. The first kappa shape index (κ1) is 24.0. The highest BCUT2D eigenvalue weighted by Crippen LogP contribution is 2.27. The van der Waals surface area contributed by atoms with E-state index < -0.39 is 23.8 Å². The number of urea groups is 1. The molecule has 3 aromatic rings. The summed E-state index contributed by atoms with van der Waals surface area (Å²) in [5.41, 5.74) is 1.13. The molecule has 2 aromatic carbocycles. The van der Waals surface area contributed by atoms with Gasteiger partial charge in [-0.2, -0.15) is 0 Å². The first-order chi connectivity index (χ1) is 16.9. The zero-order chi connectivity index (χ0) is 24.9. The van der Waals surface area contributed by atoms with Gasteiger partial charge in [0.15, 0.2) is 0 Å². The molecule has 2 heterocycles. The molecule has 8 nitrogen and oxygen atoms in total. The highest BCUT2D eigenvalue weighted by Gasteiger charge is 2.37. The Bertz CT molecular complexity index is 1310. The summed E-state index contributed by atoms with van der Waals surface area (Å²) in [7, 11) is 0. The number of esters is 1. The van der Waals surface area contributed by atoms with Crippen molar-refractivity contribution in [2.45, 2.75) is 19.8 Å². The van der Waals surface area contributed by atoms with Crippen molar-refractivity contribution in [3.8, 4) is 11.3 Å². The third-order valence-electron chi connectivity index (χ3n) is 5.24. The van der Waals surface area contributed by atoms with Gasteiger partial charge in [0.25, 0.3) is 11.8 Å². The predicted octanol–water partition coefficient (Wildman–Crippen LogP) is 5.22. The molecule has 0 atom stereocenters. The molecule has 178 valence electrons. The lowest BCUT2D eigenvalue weighted by Crippen LogP contribution is -2.54. The van der Waals surface area contributed by atoms with Crippen LogP contribution in [0.2, 0.25) is 5.02 Å². The van der Waals surface area contributed by atoms with Gasteiger partial charge in [0.1, 0.15) is 17.1 Å². The summed E-state index contributed by atoms with van der Waals surface area (Å²) in [6, 6.07) is 15.2. The van der Waals surface area contributed by atoms with E-state index in [1.54, 1.807) is 36.4 Å². The maximum Gasteiger partial charge on any atom is 0.338 e. The number of furan rings is 1. The molecule has 9 heteroatoms. The summed E-state index contributed by atoms with van der Waals surface area (Å²) in [6.45, 7) is 2.39. The molecule has 0 unspecified atom stereocenters. The van der Waals surface area contributed by atoms with Crippen LogP contribution in [0.15, 0.2) is 70.7 Å². The number of rotatable bonds is 7. The minimum Gasteiger partial charge on any atom is -0.462 e. The second-order valence-corrected chi connectivity index (χ2v) is 8.14. The van der Waals surface area contributed by atoms with Crippen LogP contribution < -0.4 is 10.2 Å². The number of ether oxygens (including phenoxy) is 1. The fraction of sp³-hybridized carbons (Fsp3) is 0.154. The number of carbonyl (C=O) groups excluding carboxylic acids is 4. The van der Waals surface area contributed by atoms with E-state index in [4.69, 9.17) is 20.8 Å². The largest absolute Gasteiger partial charge is 0.462 e. The number of nitrogens with zero attached hydrogens (tertiary/aromatic N) is 1. The van der Waals surface area contributed by atoms with Gasteiger partial charge in [-0.3, -0.25) is 14.9 Å². The lowest BCUT2D eigenvalue weighted by atomic mass is 10.1. The topological polar surface area (TPSA) is 106 Å². The number of hydrogen-bond acceptors (Lipinski definition) is 6. The summed E-state index contributed by atoms with van der Waals surface area (Å²) in [5, 5.41) is 2.60. The Morgan fingerprint density at radius 2 is 1.74 bits per heavy atom. The molecule has 1 aliphatic heterocycles. The van der Waals surface area contributed by atoms with E-state index in [2.05, 4.69) is 5.32 Å². The third kappa shape index (κ3) is 5.33. The minimum absolute atomic E-state index is 0.243. The predicted molar refractivity (Wildman–Crippen MR) is 130 cm³/mol. The molecular weight excluding hydrogens is 472 g/mol. The molecule has 4 amide bonds. The number of hydrogen-bond donors (Lipinski definition) is 1. The Morgan fingerprint density at radius 3 is 2.43 bits per heavy atom. The van der Waals surface area contributed by atoms with E-state index in [1.165, 1.54) is 30.3 Å². The molecule has 4 rings (SSSR count). The Morgan fingerprint density at radius 1 is 1.03 bits per heavy atom. The van der Waals surface area contributed by atoms with Gasteiger partial charge < -0.3 is 9.15 Å². The SMILES string of the molecule is CCCCOC(=O)c1ccc(-c2ccc(/C=C3/C(=O)NC(=O)N(c4ccc(Cl)cc4)C3=O)o2)cc1. The molecule has 1 aliphatic rings. The summed E-state index contributed by atoms with van der Waals surface area (Å²) in [5.74, 6) is -1.29. The van der Waals surface area contributed by atoms with Crippen LogP contribution in [0.5, 0.6) is 0 Å². The quantitative estimate of drug-likeness (QED) is 0.210. The molecular formula is C26H21ClN2O6. The molecule has 0 saturated carbocycles. The van der Waals surface area contributed by atoms with E-state index >= 15 is 0 Å².